The van der Waals surface area contributed by atoms with Crippen LogP contribution in [-0.2, 0) is 0 Å². The Balaban J connectivity index is 1.93. The highest BCUT2D eigenvalue weighted by Crippen LogP contribution is 2.33. The number of benzene rings is 1. The highest BCUT2D eigenvalue weighted by atomic mass is 16.5. The minimum atomic E-state index is -0.486. The number of ether oxygens (including phenoxy) is 2. The average Bonchev–Trinajstić information content (AvgIpc) is 3.02. The van der Waals surface area contributed by atoms with E-state index in [1.807, 2.05) is 63.5 Å². The molecule has 4 aromatic rings. The van der Waals surface area contributed by atoms with Gasteiger partial charge in [-0.25, -0.2) is 9.78 Å². The third kappa shape index (κ3) is 4.50. The van der Waals surface area contributed by atoms with E-state index in [9.17, 15) is 4.79 Å². The van der Waals surface area contributed by atoms with Crippen LogP contribution in [0.4, 0.5) is 0 Å². The van der Waals surface area contributed by atoms with Crippen LogP contribution in [0.25, 0.3) is 27.8 Å². The quantitative estimate of drug-likeness (QED) is 0.309. The van der Waals surface area contributed by atoms with Crippen LogP contribution in [0.5, 0.6) is 11.5 Å². The molecule has 0 aliphatic rings. The Hall–Kier alpha value is -2.83. The van der Waals surface area contributed by atoms with Gasteiger partial charge in [-0.2, -0.15) is 0 Å². The zero-order valence-corrected chi connectivity index (χ0v) is 20.6. The fourth-order valence-corrected chi connectivity index (χ4v) is 3.43. The molecule has 0 saturated carbocycles. The van der Waals surface area contributed by atoms with Crippen molar-refractivity contribution in [3.63, 3.8) is 0 Å². The summed E-state index contributed by atoms with van der Waals surface area (Å²) in [5.74, 6) is 1.31. The molecular weight excluding hydrogens is 407 g/mol. The van der Waals surface area contributed by atoms with Crippen molar-refractivity contribution in [3.05, 3.63) is 53.2 Å². The predicted octanol–water partition coefficient (Wildman–Crippen LogP) is -5.58. The number of fused-ring (bicyclic) bond motifs is 2. The van der Waals surface area contributed by atoms with Crippen LogP contribution < -0.4 is 15.2 Å². The van der Waals surface area contributed by atoms with Gasteiger partial charge in [-0.05, 0) is 24.3 Å². The van der Waals surface area contributed by atoms with Crippen LogP contribution in [0.2, 0.25) is 5.11 Å². The van der Waals surface area contributed by atoms with E-state index in [4.69, 9.17) is 9.47 Å². The predicted molar refractivity (Wildman–Crippen MR) is 155 cm³/mol. The Morgan fingerprint density at radius 1 is 0.848 bits per heavy atom. The lowest BCUT2D eigenvalue weighted by molar-refractivity contribution is 0.244. The molecule has 0 aliphatic carbocycles. The SMILES string of the molecule is BC(B)(B)Oc1ccnc2ccc(-n3c(=O)[nH]c4nccc(OC(B)(B)C(B)(B)B)c43)cc12. The van der Waals surface area contributed by atoms with E-state index in [-0.39, 0.29) is 16.1 Å². The number of imidazole rings is 1. The van der Waals surface area contributed by atoms with Crippen molar-refractivity contribution in [1.82, 2.24) is 19.5 Å². The molecule has 0 atom stereocenters. The van der Waals surface area contributed by atoms with E-state index in [1.54, 1.807) is 23.0 Å². The van der Waals surface area contributed by atoms with Gasteiger partial charge in [-0.3, -0.25) is 14.5 Å². The van der Waals surface area contributed by atoms with Gasteiger partial charge in [-0.1, -0.05) is 5.11 Å². The molecule has 158 valence electrons. The molecule has 0 bridgehead atoms. The van der Waals surface area contributed by atoms with Gasteiger partial charge < -0.3 is 9.47 Å². The van der Waals surface area contributed by atoms with Gasteiger partial charge in [-0.15, -0.1) is 0 Å². The van der Waals surface area contributed by atoms with E-state index in [2.05, 4.69) is 38.5 Å². The Kier molecular flexibility index (Phi) is 5.58. The molecule has 15 heteroatoms. The molecule has 0 radical (unpaired) electrons. The highest BCUT2D eigenvalue weighted by Gasteiger charge is 2.35. The lowest BCUT2D eigenvalue weighted by atomic mass is 9.28. The van der Waals surface area contributed by atoms with Gasteiger partial charge >= 0.3 is 5.69 Å². The molecule has 1 N–H and O–H groups in total. The summed E-state index contributed by atoms with van der Waals surface area (Å²) in [6.45, 7) is 0. The van der Waals surface area contributed by atoms with E-state index in [0.29, 0.717) is 28.4 Å². The van der Waals surface area contributed by atoms with Gasteiger partial charge in [0.05, 0.1) is 34.7 Å². The molecule has 7 nitrogen and oxygen atoms in total. The summed E-state index contributed by atoms with van der Waals surface area (Å²) in [6, 6.07) is 9.33. The minimum Gasteiger partial charge on any atom is -0.513 e. The van der Waals surface area contributed by atoms with Crippen molar-refractivity contribution in [3.8, 4) is 17.2 Å². The highest BCUT2D eigenvalue weighted by molar-refractivity contribution is 6.67. The third-order valence-electron chi connectivity index (χ3n) is 6.07. The van der Waals surface area contributed by atoms with E-state index < -0.39 is 5.40 Å². The van der Waals surface area contributed by atoms with E-state index in [1.165, 1.54) is 0 Å². The van der Waals surface area contributed by atoms with E-state index in [0.717, 1.165) is 10.9 Å². The number of rotatable bonds is 6. The Morgan fingerprint density at radius 3 is 2.18 bits per heavy atom. The molecule has 0 amide bonds. The van der Waals surface area contributed by atoms with Crippen molar-refractivity contribution >= 4 is 84.8 Å². The van der Waals surface area contributed by atoms with Crippen LogP contribution in [0.1, 0.15) is 0 Å². The topological polar surface area (TPSA) is 82.0 Å². The first-order chi connectivity index (χ1) is 15.3. The third-order valence-corrected chi connectivity index (χ3v) is 6.07. The largest absolute Gasteiger partial charge is 0.513 e. The smallest absolute Gasteiger partial charge is 0.332 e. The Labute approximate surface area is 200 Å². The number of hydrogen-bond donors (Lipinski definition) is 1. The summed E-state index contributed by atoms with van der Waals surface area (Å²) in [7, 11) is 16.5. The number of pyridine rings is 2. The maximum absolute atomic E-state index is 13.1. The van der Waals surface area contributed by atoms with Gasteiger partial charge in [0.15, 0.2) is 5.65 Å². The average molecular weight is 431 g/mol. The number of aromatic amines is 1. The Morgan fingerprint density at radius 2 is 1.52 bits per heavy atom. The van der Waals surface area contributed by atoms with Crippen molar-refractivity contribution in [2.75, 3.05) is 0 Å². The summed E-state index contributed by atoms with van der Waals surface area (Å²) in [4.78, 5) is 24.8. The fourth-order valence-electron chi connectivity index (χ4n) is 3.43. The van der Waals surface area contributed by atoms with Gasteiger partial charge in [0.1, 0.15) is 56.2 Å². The van der Waals surface area contributed by atoms with Crippen LogP contribution >= 0.6 is 0 Å². The summed E-state index contributed by atoms with van der Waals surface area (Å²) in [6.07, 6.45) is 3.38. The molecule has 0 saturated heterocycles. The fraction of sp³-hybridized carbons (Fsp3) is 0.167. The van der Waals surface area contributed by atoms with Crippen LogP contribution in [-0.4, -0.2) is 93.0 Å². The zero-order chi connectivity index (χ0) is 24.2. The first-order valence-corrected chi connectivity index (χ1v) is 11.1. The lowest BCUT2D eigenvalue weighted by Crippen LogP contribution is -2.51. The van der Waals surface area contributed by atoms with Crippen molar-refractivity contribution in [2.45, 2.75) is 15.8 Å². The molecule has 0 spiro atoms. The molecule has 0 fully saturated rings. The molecule has 0 unspecified atom stereocenters. The maximum Gasteiger partial charge on any atom is 0.332 e. The van der Waals surface area contributed by atoms with Gasteiger partial charge in [0.2, 0.25) is 0 Å². The van der Waals surface area contributed by atoms with Crippen molar-refractivity contribution in [2.24, 2.45) is 0 Å². The first kappa shape index (κ1) is 23.3. The summed E-state index contributed by atoms with van der Waals surface area (Å²) >= 11 is 0. The molecular formula is C18H24B8N4O3. The second-order valence-corrected chi connectivity index (χ2v) is 10.9. The van der Waals surface area contributed by atoms with Crippen molar-refractivity contribution < 1.29 is 9.47 Å². The van der Waals surface area contributed by atoms with Crippen molar-refractivity contribution in [1.29, 1.82) is 0 Å². The maximum atomic E-state index is 13.1. The standard InChI is InChI=1S/C18H24B8N4O3/c19-16(20,21)17(22,23)32-12-4-6-28-14-13(12)30(15(31)29-14)8-1-2-10-9(7-8)11(3-5-27-10)33-18(24,25)26/h1-7H,19-26H2,(H,28,29,31). The number of hydrogen-bond acceptors (Lipinski definition) is 5. The second-order valence-electron chi connectivity index (χ2n) is 10.9. The summed E-state index contributed by atoms with van der Waals surface area (Å²) in [5.41, 5.74) is 2.25. The zero-order valence-electron chi connectivity index (χ0n) is 20.6. The van der Waals surface area contributed by atoms with Gasteiger partial charge in [0.25, 0.3) is 0 Å². The molecule has 33 heavy (non-hydrogen) atoms. The minimum absolute atomic E-state index is 0.127. The monoisotopic (exact) mass is 432 g/mol. The van der Waals surface area contributed by atoms with E-state index >= 15 is 0 Å². The van der Waals surface area contributed by atoms with Crippen LogP contribution in [0, 0.1) is 0 Å². The molecule has 0 aliphatic heterocycles. The van der Waals surface area contributed by atoms with Gasteiger partial charge in [0, 0.05) is 34.5 Å². The summed E-state index contributed by atoms with van der Waals surface area (Å²) < 4.78 is 14.2. The summed E-state index contributed by atoms with van der Waals surface area (Å²) in [5, 5.41) is -0.156. The number of nitrogens with zero attached hydrogens (tertiary/aromatic N) is 3. The number of H-pyrrole nitrogens is 1. The van der Waals surface area contributed by atoms with Crippen LogP contribution in [0.3, 0.4) is 0 Å². The number of aromatic nitrogens is 4. The molecule has 3 heterocycles. The molecule has 4 rings (SSSR count). The molecule has 1 aromatic carbocycles. The normalized spacial score (nSPS) is 12.7. The lowest BCUT2D eigenvalue weighted by Gasteiger charge is -2.40. The van der Waals surface area contributed by atoms with Crippen LogP contribution in [0.15, 0.2) is 47.5 Å². The second kappa shape index (κ2) is 7.89. The Bertz CT molecular complexity index is 1410. The number of nitrogens with one attached hydrogen (secondary N) is 1. The molecule has 3 aromatic heterocycles. The first-order valence-electron chi connectivity index (χ1n) is 11.1.